The summed E-state index contributed by atoms with van der Waals surface area (Å²) in [4.78, 5) is 4.14. The van der Waals surface area contributed by atoms with Crippen molar-refractivity contribution < 1.29 is 12.7 Å². The molecule has 0 saturated carbocycles. The molecule has 0 saturated heterocycles. The van der Waals surface area contributed by atoms with E-state index in [1.807, 2.05) is 0 Å². The first-order valence-corrected chi connectivity index (χ1v) is 6.07. The molecular formula is C7H14N2O3S. The van der Waals surface area contributed by atoms with Gasteiger partial charge in [-0.25, -0.2) is 5.48 Å². The third kappa shape index (κ3) is 4.84. The molecule has 6 heteroatoms. The van der Waals surface area contributed by atoms with Crippen LogP contribution in [0.25, 0.3) is 0 Å². The highest BCUT2D eigenvalue weighted by molar-refractivity contribution is 7.85. The number of hydroxylamine groups is 1. The molecule has 1 N–H and O–H groups in total. The molecule has 0 radical (unpaired) electrons. The Labute approximate surface area is 78.3 Å². The van der Waals surface area contributed by atoms with Crippen molar-refractivity contribution in [3.63, 3.8) is 0 Å². The zero-order valence-electron chi connectivity index (χ0n) is 7.62. The van der Waals surface area contributed by atoms with Crippen LogP contribution in [0.4, 0.5) is 0 Å². The van der Waals surface area contributed by atoms with Gasteiger partial charge in [0.25, 0.3) is 10.1 Å². The van der Waals surface area contributed by atoms with Crippen LogP contribution in [0.15, 0.2) is 4.99 Å². The lowest BCUT2D eigenvalue weighted by atomic mass is 10.2. The normalized spacial score (nSPS) is 19.0. The number of aliphatic imine (C=N–C) groups is 1. The second kappa shape index (κ2) is 4.57. The molecule has 0 unspecified atom stereocenters. The van der Waals surface area contributed by atoms with Gasteiger partial charge in [-0.2, -0.15) is 12.7 Å². The van der Waals surface area contributed by atoms with Gasteiger partial charge in [0.2, 0.25) is 0 Å². The van der Waals surface area contributed by atoms with Gasteiger partial charge in [-0.3, -0.25) is 4.99 Å². The Morgan fingerprint density at radius 1 is 1.38 bits per heavy atom. The van der Waals surface area contributed by atoms with Crippen LogP contribution in [0.2, 0.25) is 0 Å². The summed E-state index contributed by atoms with van der Waals surface area (Å²) in [6.07, 6.45) is 4.98. The molecule has 0 aromatic carbocycles. The first kappa shape index (κ1) is 10.5. The number of rotatable bonds is 2. The number of amidine groups is 1. The highest BCUT2D eigenvalue weighted by atomic mass is 32.2. The van der Waals surface area contributed by atoms with Crippen molar-refractivity contribution >= 4 is 16.0 Å². The third-order valence-electron chi connectivity index (χ3n) is 1.69. The number of nitrogens with one attached hydrogen (secondary N) is 1. The molecule has 1 aliphatic heterocycles. The zero-order valence-corrected chi connectivity index (χ0v) is 8.43. The molecule has 13 heavy (non-hydrogen) atoms. The van der Waals surface area contributed by atoms with E-state index in [4.69, 9.17) is 0 Å². The van der Waals surface area contributed by atoms with Crippen LogP contribution in [-0.4, -0.2) is 27.1 Å². The molecule has 1 aliphatic rings. The van der Waals surface area contributed by atoms with Crippen LogP contribution in [0.3, 0.4) is 0 Å². The largest absolute Gasteiger partial charge is 0.285 e. The molecule has 0 bridgehead atoms. The highest BCUT2D eigenvalue weighted by Crippen LogP contribution is 2.06. The molecule has 0 atom stereocenters. The lowest BCUT2D eigenvalue weighted by molar-refractivity contribution is 0.268. The predicted octanol–water partition coefficient (Wildman–Crippen LogP) is 0.440. The predicted molar refractivity (Wildman–Crippen MR) is 49.8 cm³/mol. The second-order valence-electron chi connectivity index (χ2n) is 3.03. The lowest BCUT2D eigenvalue weighted by Crippen LogP contribution is -2.26. The van der Waals surface area contributed by atoms with Crippen molar-refractivity contribution in [1.29, 1.82) is 0 Å². The van der Waals surface area contributed by atoms with Crippen molar-refractivity contribution in [3.8, 4) is 0 Å². The van der Waals surface area contributed by atoms with E-state index in [9.17, 15) is 8.42 Å². The Morgan fingerprint density at radius 3 is 2.85 bits per heavy atom. The average molecular weight is 206 g/mol. The van der Waals surface area contributed by atoms with E-state index < -0.39 is 10.1 Å². The fourth-order valence-electron chi connectivity index (χ4n) is 1.08. The summed E-state index contributed by atoms with van der Waals surface area (Å²) < 4.78 is 25.7. The van der Waals surface area contributed by atoms with E-state index in [-0.39, 0.29) is 0 Å². The Balaban J connectivity index is 2.39. The Morgan fingerprint density at radius 2 is 2.15 bits per heavy atom. The molecule has 0 fully saturated rings. The van der Waals surface area contributed by atoms with Crippen LogP contribution in [0.1, 0.15) is 25.7 Å². The quantitative estimate of drug-likeness (QED) is 0.666. The van der Waals surface area contributed by atoms with Crippen LogP contribution in [0.5, 0.6) is 0 Å². The summed E-state index contributed by atoms with van der Waals surface area (Å²) in [5.41, 5.74) is 2.36. The van der Waals surface area contributed by atoms with Crippen molar-refractivity contribution in [2.45, 2.75) is 25.7 Å². The Hall–Kier alpha value is -0.620. The third-order valence-corrected chi connectivity index (χ3v) is 2.07. The average Bonchev–Trinajstić information content (AvgIpc) is 2.26. The van der Waals surface area contributed by atoms with Gasteiger partial charge in [0, 0.05) is 13.0 Å². The van der Waals surface area contributed by atoms with Crippen LogP contribution >= 0.6 is 0 Å². The summed E-state index contributed by atoms with van der Waals surface area (Å²) in [6, 6.07) is 0. The van der Waals surface area contributed by atoms with Crippen LogP contribution < -0.4 is 5.48 Å². The molecule has 1 rings (SSSR count). The summed E-state index contributed by atoms with van der Waals surface area (Å²) in [5.74, 6) is 0.628. The number of hydrogen-bond donors (Lipinski definition) is 1. The standard InChI is InChI=1S/C7H14N2O3S/c1-13(10,11)12-9-7-5-3-2-4-6-8-7/h2-6H2,1H3,(H,8,9). The minimum absolute atomic E-state index is 0.628. The van der Waals surface area contributed by atoms with E-state index in [0.29, 0.717) is 5.84 Å². The highest BCUT2D eigenvalue weighted by Gasteiger charge is 2.07. The van der Waals surface area contributed by atoms with Gasteiger partial charge in [-0.15, -0.1) is 0 Å². The van der Waals surface area contributed by atoms with Crippen molar-refractivity contribution in [3.05, 3.63) is 0 Å². The second-order valence-corrected chi connectivity index (χ2v) is 4.60. The van der Waals surface area contributed by atoms with Crippen LogP contribution in [-0.2, 0) is 14.4 Å². The molecule has 0 aliphatic carbocycles. The molecule has 76 valence electrons. The minimum Gasteiger partial charge on any atom is -0.271 e. The molecule has 0 amide bonds. The summed E-state index contributed by atoms with van der Waals surface area (Å²) in [7, 11) is -3.43. The van der Waals surface area contributed by atoms with Gasteiger partial charge in [0.05, 0.1) is 6.26 Å². The number of nitrogens with zero attached hydrogens (tertiary/aromatic N) is 1. The maximum absolute atomic E-state index is 10.6. The molecule has 0 aromatic rings. The molecule has 1 heterocycles. The zero-order chi connectivity index (χ0) is 9.73. The fourth-order valence-corrected chi connectivity index (χ4v) is 1.33. The van der Waals surface area contributed by atoms with Gasteiger partial charge in [0.1, 0.15) is 5.84 Å². The minimum atomic E-state index is -3.43. The summed E-state index contributed by atoms with van der Waals surface area (Å²) in [6.45, 7) is 0.745. The van der Waals surface area contributed by atoms with Crippen molar-refractivity contribution in [1.82, 2.24) is 5.48 Å². The van der Waals surface area contributed by atoms with E-state index in [1.165, 1.54) is 0 Å². The van der Waals surface area contributed by atoms with E-state index in [2.05, 4.69) is 14.8 Å². The first-order valence-electron chi connectivity index (χ1n) is 4.26. The molecule has 0 aromatic heterocycles. The van der Waals surface area contributed by atoms with Gasteiger partial charge < -0.3 is 0 Å². The molecular weight excluding hydrogens is 192 g/mol. The molecule has 5 nitrogen and oxygen atoms in total. The summed E-state index contributed by atoms with van der Waals surface area (Å²) in [5, 5.41) is 0. The molecule has 0 spiro atoms. The van der Waals surface area contributed by atoms with Gasteiger partial charge in [-0.05, 0) is 12.8 Å². The lowest BCUT2D eigenvalue weighted by Gasteiger charge is -2.05. The van der Waals surface area contributed by atoms with E-state index in [0.717, 1.165) is 38.5 Å². The first-order chi connectivity index (χ1) is 6.08. The van der Waals surface area contributed by atoms with E-state index >= 15 is 0 Å². The van der Waals surface area contributed by atoms with Gasteiger partial charge in [0.15, 0.2) is 0 Å². The van der Waals surface area contributed by atoms with Crippen molar-refractivity contribution in [2.24, 2.45) is 4.99 Å². The monoisotopic (exact) mass is 206 g/mol. The van der Waals surface area contributed by atoms with Crippen LogP contribution in [0, 0.1) is 0 Å². The van der Waals surface area contributed by atoms with Gasteiger partial charge >= 0.3 is 0 Å². The van der Waals surface area contributed by atoms with Gasteiger partial charge in [-0.1, -0.05) is 6.42 Å². The maximum atomic E-state index is 10.6. The fraction of sp³-hybridized carbons (Fsp3) is 0.857. The number of hydrogen-bond acceptors (Lipinski definition) is 5. The SMILES string of the molecule is CS(=O)(=O)ONC1=NCCCCC1. The Bertz CT molecular complexity index is 284. The van der Waals surface area contributed by atoms with E-state index in [1.54, 1.807) is 0 Å². The van der Waals surface area contributed by atoms with Crippen molar-refractivity contribution in [2.75, 3.05) is 12.8 Å². The maximum Gasteiger partial charge on any atom is 0.285 e. The topological polar surface area (TPSA) is 67.8 Å². The smallest absolute Gasteiger partial charge is 0.271 e. The Kier molecular flexibility index (Phi) is 3.68. The summed E-state index contributed by atoms with van der Waals surface area (Å²) >= 11 is 0.